The van der Waals surface area contributed by atoms with Gasteiger partial charge in [0.15, 0.2) is 0 Å². The van der Waals surface area contributed by atoms with E-state index in [0.717, 1.165) is 25.9 Å². The van der Waals surface area contributed by atoms with E-state index in [1.54, 1.807) is 0 Å². The molecule has 1 aliphatic carbocycles. The van der Waals surface area contributed by atoms with Crippen molar-refractivity contribution in [3.63, 3.8) is 0 Å². The van der Waals surface area contributed by atoms with Gasteiger partial charge in [0.25, 0.3) is 0 Å². The van der Waals surface area contributed by atoms with Gasteiger partial charge in [0.05, 0.1) is 5.92 Å². The Morgan fingerprint density at radius 3 is 2.65 bits per heavy atom. The van der Waals surface area contributed by atoms with E-state index < -0.39 is 12.1 Å². The van der Waals surface area contributed by atoms with Crippen LogP contribution in [0.25, 0.3) is 0 Å². The zero-order valence-corrected chi connectivity index (χ0v) is 11.6. The number of nitrogens with one attached hydrogen (secondary N) is 2. The second-order valence-electron chi connectivity index (χ2n) is 6.09. The van der Waals surface area contributed by atoms with Crippen molar-refractivity contribution in [2.45, 2.75) is 57.2 Å². The zero-order chi connectivity index (χ0) is 14.6. The molecule has 0 bridgehead atoms. The van der Waals surface area contributed by atoms with Crippen LogP contribution in [0.3, 0.4) is 0 Å². The number of halogens is 3. The zero-order valence-electron chi connectivity index (χ0n) is 11.6. The first-order chi connectivity index (χ1) is 9.45. The van der Waals surface area contributed by atoms with Crippen LogP contribution in [0.1, 0.15) is 44.9 Å². The fourth-order valence-corrected chi connectivity index (χ4v) is 3.27. The second kappa shape index (κ2) is 6.78. The molecule has 3 unspecified atom stereocenters. The van der Waals surface area contributed by atoms with E-state index in [4.69, 9.17) is 0 Å². The fraction of sp³-hybridized carbons (Fsp3) is 0.929. The van der Waals surface area contributed by atoms with Gasteiger partial charge >= 0.3 is 6.18 Å². The van der Waals surface area contributed by atoms with Gasteiger partial charge in [0.1, 0.15) is 0 Å². The minimum atomic E-state index is -4.13. The Hall–Kier alpha value is -0.780. The summed E-state index contributed by atoms with van der Waals surface area (Å²) in [5, 5.41) is 6.04. The first-order valence-electron chi connectivity index (χ1n) is 7.52. The molecule has 1 saturated carbocycles. The molecule has 0 spiro atoms. The highest BCUT2D eigenvalue weighted by molar-refractivity contribution is 5.76. The van der Waals surface area contributed by atoms with Crippen LogP contribution in [0.15, 0.2) is 0 Å². The molecule has 1 saturated heterocycles. The van der Waals surface area contributed by atoms with Crippen LogP contribution in [0, 0.1) is 11.8 Å². The van der Waals surface area contributed by atoms with E-state index >= 15 is 0 Å². The SMILES string of the molecule is O=C(CC1CCCNC1)NC1CCCC(C(F)(F)F)C1. The van der Waals surface area contributed by atoms with E-state index in [2.05, 4.69) is 10.6 Å². The summed E-state index contributed by atoms with van der Waals surface area (Å²) in [6.07, 6.45) is -0.160. The summed E-state index contributed by atoms with van der Waals surface area (Å²) in [6.45, 7) is 1.83. The highest BCUT2D eigenvalue weighted by Gasteiger charge is 2.42. The van der Waals surface area contributed by atoms with Crippen molar-refractivity contribution in [2.24, 2.45) is 11.8 Å². The lowest BCUT2D eigenvalue weighted by Crippen LogP contribution is -2.43. The van der Waals surface area contributed by atoms with Crippen LogP contribution in [-0.2, 0) is 4.79 Å². The maximum absolute atomic E-state index is 12.7. The van der Waals surface area contributed by atoms with Crippen LogP contribution in [-0.4, -0.2) is 31.2 Å². The topological polar surface area (TPSA) is 41.1 Å². The number of hydrogen-bond acceptors (Lipinski definition) is 2. The lowest BCUT2D eigenvalue weighted by Gasteiger charge is -2.31. The summed E-state index contributed by atoms with van der Waals surface area (Å²) in [5.41, 5.74) is 0. The van der Waals surface area contributed by atoms with E-state index in [0.29, 0.717) is 25.2 Å². The van der Waals surface area contributed by atoms with Gasteiger partial charge in [-0.25, -0.2) is 0 Å². The molecule has 0 radical (unpaired) electrons. The van der Waals surface area contributed by atoms with Gasteiger partial charge in [-0.15, -0.1) is 0 Å². The fourth-order valence-electron chi connectivity index (χ4n) is 3.27. The summed E-state index contributed by atoms with van der Waals surface area (Å²) in [7, 11) is 0. The number of alkyl halides is 3. The molecule has 2 rings (SSSR count). The van der Waals surface area contributed by atoms with Crippen molar-refractivity contribution < 1.29 is 18.0 Å². The molecular weight excluding hydrogens is 269 g/mol. The Morgan fingerprint density at radius 2 is 2.00 bits per heavy atom. The third kappa shape index (κ3) is 4.65. The first kappa shape index (κ1) is 15.6. The maximum atomic E-state index is 12.7. The van der Waals surface area contributed by atoms with Gasteiger partial charge < -0.3 is 10.6 Å². The summed E-state index contributed by atoms with van der Waals surface area (Å²) in [4.78, 5) is 11.9. The van der Waals surface area contributed by atoms with Gasteiger partial charge in [0, 0.05) is 12.5 Å². The molecule has 116 valence electrons. The number of carbonyl (C=O) groups excluding carboxylic acids is 1. The van der Waals surface area contributed by atoms with Crippen LogP contribution in [0.2, 0.25) is 0 Å². The predicted octanol–water partition coefficient (Wildman–Crippen LogP) is 2.61. The molecule has 1 amide bonds. The van der Waals surface area contributed by atoms with Gasteiger partial charge in [-0.1, -0.05) is 6.42 Å². The lowest BCUT2D eigenvalue weighted by atomic mass is 9.85. The van der Waals surface area contributed by atoms with E-state index in [-0.39, 0.29) is 24.8 Å². The minimum absolute atomic E-state index is 0.0398. The molecule has 0 aromatic heterocycles. The van der Waals surface area contributed by atoms with Crippen molar-refractivity contribution in [3.8, 4) is 0 Å². The Bertz CT molecular complexity index is 327. The Balaban J connectivity index is 1.75. The molecule has 20 heavy (non-hydrogen) atoms. The normalized spacial score (nSPS) is 31.9. The number of hydrogen-bond donors (Lipinski definition) is 2. The average Bonchev–Trinajstić information content (AvgIpc) is 2.39. The monoisotopic (exact) mass is 292 g/mol. The molecule has 1 heterocycles. The molecule has 2 aliphatic rings. The number of piperidine rings is 1. The van der Waals surface area contributed by atoms with Gasteiger partial charge in [0.2, 0.25) is 5.91 Å². The van der Waals surface area contributed by atoms with Crippen molar-refractivity contribution in [1.29, 1.82) is 0 Å². The number of carbonyl (C=O) groups is 1. The first-order valence-corrected chi connectivity index (χ1v) is 7.52. The third-order valence-corrected chi connectivity index (χ3v) is 4.38. The smallest absolute Gasteiger partial charge is 0.353 e. The molecule has 3 atom stereocenters. The third-order valence-electron chi connectivity index (χ3n) is 4.38. The lowest BCUT2D eigenvalue weighted by molar-refractivity contribution is -0.184. The molecule has 6 heteroatoms. The van der Waals surface area contributed by atoms with E-state index in [9.17, 15) is 18.0 Å². The van der Waals surface area contributed by atoms with Gasteiger partial charge in [-0.3, -0.25) is 4.79 Å². The predicted molar refractivity (Wildman–Crippen MR) is 70.2 cm³/mol. The van der Waals surface area contributed by atoms with Crippen LogP contribution < -0.4 is 10.6 Å². The molecular formula is C14H23F3N2O. The molecule has 0 aromatic rings. The highest BCUT2D eigenvalue weighted by Crippen LogP contribution is 2.37. The summed E-state index contributed by atoms with van der Waals surface area (Å²) in [6, 6.07) is -0.306. The van der Waals surface area contributed by atoms with Crippen molar-refractivity contribution in [2.75, 3.05) is 13.1 Å². The summed E-state index contributed by atoms with van der Waals surface area (Å²) < 4.78 is 38.1. The van der Waals surface area contributed by atoms with Crippen molar-refractivity contribution in [1.82, 2.24) is 10.6 Å². The Kier molecular flexibility index (Phi) is 5.29. The van der Waals surface area contributed by atoms with Crippen LogP contribution >= 0.6 is 0 Å². The second-order valence-corrected chi connectivity index (χ2v) is 6.09. The Labute approximate surface area is 117 Å². The molecule has 0 aromatic carbocycles. The standard InChI is InChI=1S/C14H23F3N2O/c15-14(16,17)11-4-1-5-12(8-11)19-13(20)7-10-3-2-6-18-9-10/h10-12,18H,1-9H2,(H,19,20). The minimum Gasteiger partial charge on any atom is -0.353 e. The highest BCUT2D eigenvalue weighted by atomic mass is 19.4. The maximum Gasteiger partial charge on any atom is 0.391 e. The number of rotatable bonds is 3. The molecule has 3 nitrogen and oxygen atoms in total. The average molecular weight is 292 g/mol. The largest absolute Gasteiger partial charge is 0.391 e. The van der Waals surface area contributed by atoms with Crippen LogP contribution in [0.4, 0.5) is 13.2 Å². The summed E-state index contributed by atoms with van der Waals surface area (Å²) >= 11 is 0. The van der Waals surface area contributed by atoms with Gasteiger partial charge in [-0.2, -0.15) is 13.2 Å². The summed E-state index contributed by atoms with van der Waals surface area (Å²) in [5.74, 6) is -1.02. The molecule has 1 aliphatic heterocycles. The van der Waals surface area contributed by atoms with Crippen molar-refractivity contribution >= 4 is 5.91 Å². The van der Waals surface area contributed by atoms with Crippen LogP contribution in [0.5, 0.6) is 0 Å². The van der Waals surface area contributed by atoms with Crippen molar-refractivity contribution in [3.05, 3.63) is 0 Å². The number of amides is 1. The van der Waals surface area contributed by atoms with Gasteiger partial charge in [-0.05, 0) is 51.1 Å². The van der Waals surface area contributed by atoms with E-state index in [1.807, 2.05) is 0 Å². The van der Waals surface area contributed by atoms with E-state index in [1.165, 1.54) is 0 Å². The Morgan fingerprint density at radius 1 is 1.20 bits per heavy atom. The molecule has 2 fully saturated rings. The quantitative estimate of drug-likeness (QED) is 0.839. The molecule has 2 N–H and O–H groups in total.